The molecule has 0 atom stereocenters. The molecule has 0 aliphatic rings. The van der Waals surface area contributed by atoms with Crippen LogP contribution in [-0.4, -0.2) is 34.3 Å². The number of hydrogen-bond donors (Lipinski definition) is 1. The zero-order chi connectivity index (χ0) is 16.2. The molecule has 0 saturated carbocycles. The zero-order valence-corrected chi connectivity index (χ0v) is 13.7. The van der Waals surface area contributed by atoms with Gasteiger partial charge in [-0.1, -0.05) is 6.07 Å². The molecule has 8 heteroatoms. The highest BCUT2D eigenvalue weighted by molar-refractivity contribution is 7.94. The van der Waals surface area contributed by atoms with Crippen LogP contribution in [0, 0.1) is 0 Å². The van der Waals surface area contributed by atoms with Gasteiger partial charge in [0, 0.05) is 6.07 Å². The molecule has 118 valence electrons. The monoisotopic (exact) mass is 341 g/mol. The lowest BCUT2D eigenvalue weighted by Gasteiger charge is -2.11. The van der Waals surface area contributed by atoms with Crippen LogP contribution >= 0.6 is 11.3 Å². The fraction of sp³-hybridized carbons (Fsp3) is 0.214. The van der Waals surface area contributed by atoms with Crippen molar-refractivity contribution in [3.8, 4) is 11.5 Å². The molecular weight excluding hydrogens is 326 g/mol. The summed E-state index contributed by atoms with van der Waals surface area (Å²) in [6.07, 6.45) is 0. The maximum Gasteiger partial charge on any atom is 0.240 e. The molecule has 0 saturated heterocycles. The Morgan fingerprint density at radius 1 is 1.23 bits per heavy atom. The molecular formula is C14H15NO5S2. The lowest BCUT2D eigenvalue weighted by molar-refractivity contribution is -0.113. The van der Waals surface area contributed by atoms with Crippen LogP contribution in [0.15, 0.2) is 39.9 Å². The van der Waals surface area contributed by atoms with E-state index < -0.39 is 21.5 Å². The predicted molar refractivity (Wildman–Crippen MR) is 84.5 cm³/mol. The number of thiophene rings is 1. The third-order valence-corrected chi connectivity index (χ3v) is 5.91. The number of carbonyl (C=O) groups excluding carboxylic acids is 1. The van der Waals surface area contributed by atoms with Gasteiger partial charge >= 0.3 is 0 Å². The van der Waals surface area contributed by atoms with Crippen molar-refractivity contribution in [2.24, 2.45) is 0 Å². The number of ether oxygens (including phenoxy) is 2. The van der Waals surface area contributed by atoms with Gasteiger partial charge in [0.05, 0.1) is 19.9 Å². The van der Waals surface area contributed by atoms with Gasteiger partial charge in [0.15, 0.2) is 9.84 Å². The Morgan fingerprint density at radius 3 is 2.59 bits per heavy atom. The van der Waals surface area contributed by atoms with Crippen molar-refractivity contribution < 1.29 is 22.7 Å². The van der Waals surface area contributed by atoms with Gasteiger partial charge in [-0.3, -0.25) is 4.79 Å². The first-order valence-corrected chi connectivity index (χ1v) is 8.77. The van der Waals surface area contributed by atoms with E-state index in [0.717, 1.165) is 11.3 Å². The fourth-order valence-corrected chi connectivity index (χ4v) is 4.01. The summed E-state index contributed by atoms with van der Waals surface area (Å²) in [4.78, 5) is 12.0. The first-order chi connectivity index (χ1) is 10.5. The summed E-state index contributed by atoms with van der Waals surface area (Å²) in [5, 5.41) is 4.18. The molecule has 0 radical (unpaired) electrons. The van der Waals surface area contributed by atoms with Gasteiger partial charge in [0.1, 0.15) is 21.5 Å². The van der Waals surface area contributed by atoms with E-state index in [1.54, 1.807) is 29.6 Å². The number of hydrogen-bond acceptors (Lipinski definition) is 6. The average Bonchev–Trinajstić information content (AvgIpc) is 3.01. The molecule has 0 bridgehead atoms. The molecule has 1 aromatic carbocycles. The van der Waals surface area contributed by atoms with Gasteiger partial charge in [-0.15, -0.1) is 11.3 Å². The molecule has 1 amide bonds. The van der Waals surface area contributed by atoms with E-state index in [9.17, 15) is 13.2 Å². The summed E-state index contributed by atoms with van der Waals surface area (Å²) in [7, 11) is -0.684. The number of methoxy groups -OCH3 is 2. The second-order valence-corrected chi connectivity index (χ2v) is 7.47. The first-order valence-electron chi connectivity index (χ1n) is 6.24. The normalized spacial score (nSPS) is 11.0. The van der Waals surface area contributed by atoms with Gasteiger partial charge in [-0.05, 0) is 23.6 Å². The second kappa shape index (κ2) is 6.80. The quantitative estimate of drug-likeness (QED) is 0.871. The molecule has 0 spiro atoms. The third-order valence-electron chi connectivity index (χ3n) is 2.80. The Morgan fingerprint density at radius 2 is 2.00 bits per heavy atom. The Labute approximate surface area is 132 Å². The Kier molecular flexibility index (Phi) is 5.04. The molecule has 6 nitrogen and oxygen atoms in total. The third kappa shape index (κ3) is 3.77. The molecule has 1 heterocycles. The van der Waals surface area contributed by atoms with E-state index >= 15 is 0 Å². The van der Waals surface area contributed by atoms with Gasteiger partial charge in [0.25, 0.3) is 0 Å². The van der Waals surface area contributed by atoms with E-state index in [-0.39, 0.29) is 4.21 Å². The van der Waals surface area contributed by atoms with Crippen LogP contribution in [0.3, 0.4) is 0 Å². The predicted octanol–water partition coefficient (Wildman–Crippen LogP) is 2.18. The molecule has 0 aliphatic heterocycles. The standard InChI is InChI=1S/C14H15NO5S2/c1-19-10-5-6-12(20-2)11(8-10)15-13(16)9-22(17,18)14-4-3-7-21-14/h3-8H,9H2,1-2H3,(H,15,16). The van der Waals surface area contributed by atoms with E-state index in [4.69, 9.17) is 9.47 Å². The lowest BCUT2D eigenvalue weighted by Crippen LogP contribution is -2.22. The Balaban J connectivity index is 2.16. The van der Waals surface area contributed by atoms with Crippen LogP contribution in [0.5, 0.6) is 11.5 Å². The SMILES string of the molecule is COc1ccc(OC)c(NC(=O)CS(=O)(=O)c2cccs2)c1. The second-order valence-electron chi connectivity index (χ2n) is 4.31. The van der Waals surface area contributed by atoms with Crippen molar-refractivity contribution in [3.63, 3.8) is 0 Å². The fourth-order valence-electron chi connectivity index (χ4n) is 1.78. The summed E-state index contributed by atoms with van der Waals surface area (Å²) in [5.74, 6) is -0.326. The van der Waals surface area contributed by atoms with Gasteiger partial charge in [0.2, 0.25) is 5.91 Å². The van der Waals surface area contributed by atoms with Crippen molar-refractivity contribution >= 4 is 32.8 Å². The summed E-state index contributed by atoms with van der Waals surface area (Å²) in [6, 6.07) is 7.97. The van der Waals surface area contributed by atoms with Crippen molar-refractivity contribution in [1.82, 2.24) is 0 Å². The molecule has 1 aromatic heterocycles. The molecule has 0 fully saturated rings. The van der Waals surface area contributed by atoms with Crippen LogP contribution in [0.25, 0.3) is 0 Å². The number of benzene rings is 1. The largest absolute Gasteiger partial charge is 0.497 e. The van der Waals surface area contributed by atoms with Gasteiger partial charge < -0.3 is 14.8 Å². The Bertz CT molecular complexity index is 754. The maximum atomic E-state index is 12.1. The van der Waals surface area contributed by atoms with E-state index in [2.05, 4.69) is 5.32 Å². The van der Waals surface area contributed by atoms with Gasteiger partial charge in [-0.2, -0.15) is 0 Å². The number of anilines is 1. The smallest absolute Gasteiger partial charge is 0.240 e. The molecule has 1 N–H and O–H groups in total. The Hall–Kier alpha value is -2.06. The van der Waals surface area contributed by atoms with Crippen LogP contribution in [0.2, 0.25) is 0 Å². The highest BCUT2D eigenvalue weighted by atomic mass is 32.2. The summed E-state index contributed by atoms with van der Waals surface area (Å²) >= 11 is 1.08. The van der Waals surface area contributed by atoms with Crippen molar-refractivity contribution in [2.45, 2.75) is 4.21 Å². The first kappa shape index (κ1) is 16.3. The molecule has 22 heavy (non-hydrogen) atoms. The number of sulfone groups is 1. The summed E-state index contributed by atoms with van der Waals surface area (Å²) in [6.45, 7) is 0. The minimum atomic E-state index is -3.64. The minimum absolute atomic E-state index is 0.167. The number of carbonyl (C=O) groups is 1. The van der Waals surface area contributed by atoms with Crippen LogP contribution in [0.4, 0.5) is 5.69 Å². The van der Waals surface area contributed by atoms with E-state index in [1.807, 2.05) is 0 Å². The summed E-state index contributed by atoms with van der Waals surface area (Å²) < 4.78 is 34.5. The highest BCUT2D eigenvalue weighted by Gasteiger charge is 2.21. The van der Waals surface area contributed by atoms with Crippen LogP contribution in [0.1, 0.15) is 0 Å². The van der Waals surface area contributed by atoms with Crippen LogP contribution < -0.4 is 14.8 Å². The van der Waals surface area contributed by atoms with E-state index in [1.165, 1.54) is 20.3 Å². The maximum absolute atomic E-state index is 12.1. The van der Waals surface area contributed by atoms with E-state index in [0.29, 0.717) is 17.2 Å². The molecule has 0 unspecified atom stereocenters. The average molecular weight is 341 g/mol. The van der Waals surface area contributed by atoms with Crippen molar-refractivity contribution in [2.75, 3.05) is 25.3 Å². The van der Waals surface area contributed by atoms with Crippen molar-refractivity contribution in [3.05, 3.63) is 35.7 Å². The van der Waals surface area contributed by atoms with Crippen LogP contribution in [-0.2, 0) is 14.6 Å². The number of rotatable bonds is 6. The molecule has 2 aromatic rings. The molecule has 2 rings (SSSR count). The highest BCUT2D eigenvalue weighted by Crippen LogP contribution is 2.29. The van der Waals surface area contributed by atoms with Gasteiger partial charge in [-0.25, -0.2) is 8.42 Å². The minimum Gasteiger partial charge on any atom is -0.497 e. The lowest BCUT2D eigenvalue weighted by atomic mass is 10.2. The number of nitrogens with one attached hydrogen (secondary N) is 1. The topological polar surface area (TPSA) is 81.7 Å². The zero-order valence-electron chi connectivity index (χ0n) is 12.0. The number of amides is 1. The molecule has 0 aliphatic carbocycles. The van der Waals surface area contributed by atoms with Crippen molar-refractivity contribution in [1.29, 1.82) is 0 Å². The summed E-state index contributed by atoms with van der Waals surface area (Å²) in [5.41, 5.74) is 0.355.